The molecule has 4 N–H and O–H groups in total. The summed E-state index contributed by atoms with van der Waals surface area (Å²) in [4.78, 5) is 13.7. The second kappa shape index (κ2) is 6.57. The van der Waals surface area contributed by atoms with E-state index in [2.05, 4.69) is 4.90 Å². The topological polar surface area (TPSA) is 72.3 Å². The Hall–Kier alpha value is -1.10. The summed E-state index contributed by atoms with van der Waals surface area (Å²) >= 11 is 5.94. The Morgan fingerprint density at radius 1 is 1.40 bits per heavy atom. The van der Waals surface area contributed by atoms with Gasteiger partial charge in [0.2, 0.25) is 5.91 Å². The van der Waals surface area contributed by atoms with Crippen LogP contribution in [0.25, 0.3) is 0 Å². The van der Waals surface area contributed by atoms with Gasteiger partial charge in [0.05, 0.1) is 5.92 Å². The van der Waals surface area contributed by atoms with E-state index in [0.717, 1.165) is 24.9 Å². The van der Waals surface area contributed by atoms with E-state index in [0.29, 0.717) is 11.6 Å². The molecular weight excluding hydrogens is 274 g/mol. The number of carbonyl (C=O) groups excluding carboxylic acids is 1. The molecule has 0 spiro atoms. The fourth-order valence-corrected chi connectivity index (χ4v) is 3.12. The minimum Gasteiger partial charge on any atom is -0.369 e. The first-order valence-corrected chi connectivity index (χ1v) is 7.41. The van der Waals surface area contributed by atoms with Crippen molar-refractivity contribution in [3.05, 3.63) is 34.9 Å². The predicted molar refractivity (Wildman–Crippen MR) is 81.3 cm³/mol. The van der Waals surface area contributed by atoms with Crippen LogP contribution in [0, 0.1) is 5.92 Å². The second-order valence-electron chi connectivity index (χ2n) is 5.59. The fraction of sp³-hybridized carbons (Fsp3) is 0.533. The third-order valence-corrected chi connectivity index (χ3v) is 4.21. The molecule has 1 aromatic carbocycles. The average Bonchev–Trinajstić information content (AvgIpc) is 2.41. The van der Waals surface area contributed by atoms with Gasteiger partial charge in [0.1, 0.15) is 0 Å². The van der Waals surface area contributed by atoms with Crippen molar-refractivity contribution >= 4 is 17.5 Å². The summed E-state index contributed by atoms with van der Waals surface area (Å²) in [5, 5.41) is 0.714. The van der Waals surface area contributed by atoms with Gasteiger partial charge in [-0.3, -0.25) is 9.69 Å². The molecule has 0 bridgehead atoms. The highest BCUT2D eigenvalue weighted by Crippen LogP contribution is 2.29. The summed E-state index contributed by atoms with van der Waals surface area (Å²) < 4.78 is 0. The first-order chi connectivity index (χ1) is 9.49. The molecule has 5 heteroatoms. The molecule has 110 valence electrons. The van der Waals surface area contributed by atoms with Crippen LogP contribution in [0.2, 0.25) is 5.02 Å². The molecule has 1 saturated heterocycles. The SMILES string of the molecule is CC(N)C(c1ccc(Cl)cc1)N1CCCC(C(N)=O)C1. The van der Waals surface area contributed by atoms with Crippen LogP contribution in [0.4, 0.5) is 0 Å². The largest absolute Gasteiger partial charge is 0.369 e. The molecule has 1 aromatic rings. The molecule has 4 nitrogen and oxygen atoms in total. The van der Waals surface area contributed by atoms with Crippen molar-refractivity contribution < 1.29 is 4.79 Å². The van der Waals surface area contributed by atoms with E-state index in [-0.39, 0.29) is 23.9 Å². The van der Waals surface area contributed by atoms with Crippen LogP contribution in [0.1, 0.15) is 31.4 Å². The molecule has 0 saturated carbocycles. The van der Waals surface area contributed by atoms with Gasteiger partial charge >= 0.3 is 0 Å². The van der Waals surface area contributed by atoms with Crippen LogP contribution in [-0.2, 0) is 4.79 Å². The zero-order valence-electron chi connectivity index (χ0n) is 11.8. The molecule has 0 aliphatic carbocycles. The number of nitrogens with two attached hydrogens (primary N) is 2. The predicted octanol–water partition coefficient (Wildman–Crippen LogP) is 1.93. The normalized spacial score (nSPS) is 23.2. The lowest BCUT2D eigenvalue weighted by Crippen LogP contribution is -2.47. The number of carbonyl (C=O) groups is 1. The second-order valence-corrected chi connectivity index (χ2v) is 6.03. The fourth-order valence-electron chi connectivity index (χ4n) is 3.00. The maximum Gasteiger partial charge on any atom is 0.221 e. The highest BCUT2D eigenvalue weighted by Gasteiger charge is 2.31. The molecule has 1 amide bonds. The quantitative estimate of drug-likeness (QED) is 0.891. The Labute approximate surface area is 125 Å². The lowest BCUT2D eigenvalue weighted by atomic mass is 9.92. The van der Waals surface area contributed by atoms with Crippen molar-refractivity contribution in [3.8, 4) is 0 Å². The standard InChI is InChI=1S/C15H22ClN3O/c1-10(17)14(11-4-6-13(16)7-5-11)19-8-2-3-12(9-19)15(18)20/h4-7,10,12,14H,2-3,8-9,17H2,1H3,(H2,18,20). The summed E-state index contributed by atoms with van der Waals surface area (Å²) in [6, 6.07) is 7.83. The molecule has 20 heavy (non-hydrogen) atoms. The minimum atomic E-state index is -0.214. The lowest BCUT2D eigenvalue weighted by Gasteiger charge is -2.39. The van der Waals surface area contributed by atoms with E-state index in [9.17, 15) is 4.79 Å². The smallest absolute Gasteiger partial charge is 0.221 e. The molecule has 3 unspecified atom stereocenters. The van der Waals surface area contributed by atoms with Crippen molar-refractivity contribution in [1.82, 2.24) is 4.90 Å². The van der Waals surface area contributed by atoms with Gasteiger partial charge in [-0.15, -0.1) is 0 Å². The van der Waals surface area contributed by atoms with Gasteiger partial charge in [0.15, 0.2) is 0 Å². The van der Waals surface area contributed by atoms with Gasteiger partial charge in [-0.2, -0.15) is 0 Å². The van der Waals surface area contributed by atoms with Gasteiger partial charge in [0, 0.05) is 23.7 Å². The number of hydrogen-bond acceptors (Lipinski definition) is 3. The van der Waals surface area contributed by atoms with Crippen LogP contribution < -0.4 is 11.5 Å². The number of halogens is 1. The Bertz CT molecular complexity index is 461. The number of likely N-dealkylation sites (tertiary alicyclic amines) is 1. The highest BCUT2D eigenvalue weighted by atomic mass is 35.5. The number of piperidine rings is 1. The van der Waals surface area contributed by atoms with E-state index in [1.165, 1.54) is 0 Å². The van der Waals surface area contributed by atoms with Crippen LogP contribution in [-0.4, -0.2) is 29.9 Å². The summed E-state index contributed by atoms with van der Waals surface area (Å²) in [5.41, 5.74) is 12.8. The Morgan fingerprint density at radius 2 is 2.05 bits per heavy atom. The van der Waals surface area contributed by atoms with Gasteiger partial charge in [-0.25, -0.2) is 0 Å². The molecule has 2 rings (SSSR count). The molecule has 0 radical (unpaired) electrons. The van der Waals surface area contributed by atoms with Crippen molar-refractivity contribution in [1.29, 1.82) is 0 Å². The summed E-state index contributed by atoms with van der Waals surface area (Å²) in [6.07, 6.45) is 1.85. The Morgan fingerprint density at radius 3 is 2.60 bits per heavy atom. The van der Waals surface area contributed by atoms with Crippen LogP contribution in [0.5, 0.6) is 0 Å². The summed E-state index contributed by atoms with van der Waals surface area (Å²) in [5.74, 6) is -0.286. The van der Waals surface area contributed by atoms with Crippen molar-refractivity contribution in [2.45, 2.75) is 31.8 Å². The van der Waals surface area contributed by atoms with Gasteiger partial charge in [-0.05, 0) is 44.0 Å². The van der Waals surface area contributed by atoms with E-state index in [1.54, 1.807) is 0 Å². The Kier molecular flexibility index (Phi) is 5.02. The monoisotopic (exact) mass is 295 g/mol. The van der Waals surface area contributed by atoms with Gasteiger partial charge in [0.25, 0.3) is 0 Å². The van der Waals surface area contributed by atoms with Crippen molar-refractivity contribution in [2.24, 2.45) is 17.4 Å². The molecule has 1 aliphatic heterocycles. The Balaban J connectivity index is 2.20. The number of benzene rings is 1. The molecular formula is C15H22ClN3O. The average molecular weight is 296 g/mol. The zero-order valence-corrected chi connectivity index (χ0v) is 12.5. The summed E-state index contributed by atoms with van der Waals surface area (Å²) in [6.45, 7) is 3.62. The number of amides is 1. The number of rotatable bonds is 4. The van der Waals surface area contributed by atoms with Crippen molar-refractivity contribution in [3.63, 3.8) is 0 Å². The van der Waals surface area contributed by atoms with Gasteiger partial charge < -0.3 is 11.5 Å². The maximum atomic E-state index is 11.4. The lowest BCUT2D eigenvalue weighted by molar-refractivity contribution is -0.123. The highest BCUT2D eigenvalue weighted by molar-refractivity contribution is 6.30. The first-order valence-electron chi connectivity index (χ1n) is 7.03. The van der Waals surface area contributed by atoms with Crippen molar-refractivity contribution in [2.75, 3.05) is 13.1 Å². The molecule has 1 heterocycles. The molecule has 3 atom stereocenters. The van der Waals surface area contributed by atoms with E-state index < -0.39 is 0 Å². The van der Waals surface area contributed by atoms with E-state index in [1.807, 2.05) is 31.2 Å². The van der Waals surface area contributed by atoms with Crippen LogP contribution in [0.15, 0.2) is 24.3 Å². The van der Waals surface area contributed by atoms with E-state index in [4.69, 9.17) is 23.1 Å². The van der Waals surface area contributed by atoms with E-state index >= 15 is 0 Å². The van der Waals surface area contributed by atoms with Gasteiger partial charge in [-0.1, -0.05) is 23.7 Å². The number of nitrogens with zero attached hydrogens (tertiary/aromatic N) is 1. The zero-order chi connectivity index (χ0) is 14.7. The maximum absolute atomic E-state index is 11.4. The molecule has 0 aromatic heterocycles. The molecule has 1 fully saturated rings. The van der Waals surface area contributed by atoms with Crippen LogP contribution >= 0.6 is 11.6 Å². The third-order valence-electron chi connectivity index (χ3n) is 3.96. The van der Waals surface area contributed by atoms with Crippen LogP contribution in [0.3, 0.4) is 0 Å². The number of hydrogen-bond donors (Lipinski definition) is 2. The molecule has 1 aliphatic rings. The minimum absolute atomic E-state index is 0.0252. The summed E-state index contributed by atoms with van der Waals surface area (Å²) in [7, 11) is 0. The first kappa shape index (κ1) is 15.3. The third kappa shape index (κ3) is 3.51. The number of primary amides is 1.